The lowest BCUT2D eigenvalue weighted by atomic mass is 10.2. The van der Waals surface area contributed by atoms with Crippen LogP contribution in [0.4, 0.5) is 14.6 Å². The van der Waals surface area contributed by atoms with Crippen LogP contribution in [0.3, 0.4) is 0 Å². The van der Waals surface area contributed by atoms with E-state index in [4.69, 9.17) is 11.6 Å². The smallest absolute Gasteiger partial charge is 0.269 e. The molecule has 0 bridgehead atoms. The zero-order valence-electron chi connectivity index (χ0n) is 13.7. The van der Waals surface area contributed by atoms with Gasteiger partial charge in [-0.15, -0.1) is 36.2 Å². The summed E-state index contributed by atoms with van der Waals surface area (Å²) >= 11 is 7.14. The minimum atomic E-state index is -1.20. The number of aromatic amines is 1. The number of anilines is 1. The Kier molecular flexibility index (Phi) is 8.76. The minimum Gasteiger partial charge on any atom is -0.344 e. The quantitative estimate of drug-likeness (QED) is 0.494. The van der Waals surface area contributed by atoms with Crippen LogP contribution in [0.1, 0.15) is 25.9 Å². The molecule has 0 aliphatic carbocycles. The molecule has 150 valence electrons. The third-order valence-electron chi connectivity index (χ3n) is 3.20. The number of nitrogens with zero attached hydrogens (tertiary/aromatic N) is 2. The summed E-state index contributed by atoms with van der Waals surface area (Å²) in [7, 11) is 0. The Morgan fingerprint density at radius 2 is 1.86 bits per heavy atom. The lowest BCUT2D eigenvalue weighted by Crippen LogP contribution is -2.23. The van der Waals surface area contributed by atoms with Gasteiger partial charge in [0.25, 0.3) is 11.8 Å². The van der Waals surface area contributed by atoms with Gasteiger partial charge in [-0.05, 0) is 12.1 Å². The monoisotopic (exact) mass is 469 g/mol. The van der Waals surface area contributed by atoms with Gasteiger partial charge in [0, 0.05) is 17.6 Å². The van der Waals surface area contributed by atoms with Crippen molar-refractivity contribution in [2.75, 3.05) is 5.32 Å². The lowest BCUT2D eigenvalue weighted by Gasteiger charge is -2.05. The maximum atomic E-state index is 13.3. The van der Waals surface area contributed by atoms with Crippen molar-refractivity contribution in [3.63, 3.8) is 0 Å². The first-order chi connectivity index (χ1) is 12.4. The molecule has 0 aliphatic rings. The zero-order chi connectivity index (χ0) is 18.7. The Morgan fingerprint density at radius 3 is 2.54 bits per heavy atom. The largest absolute Gasteiger partial charge is 0.344 e. The molecule has 0 fully saturated rings. The molecular weight excluding hydrogens is 459 g/mol. The number of carbonyl (C=O) groups is 2. The molecule has 0 saturated carbocycles. The van der Waals surface area contributed by atoms with Gasteiger partial charge in [-0.25, -0.2) is 13.8 Å². The topological polar surface area (TPSA) is 99.8 Å². The maximum absolute atomic E-state index is 13.3. The number of amides is 2. The summed E-state index contributed by atoms with van der Waals surface area (Å²) in [6, 6.07) is 2.68. The van der Waals surface area contributed by atoms with Gasteiger partial charge in [0.1, 0.15) is 10.7 Å². The van der Waals surface area contributed by atoms with Gasteiger partial charge >= 0.3 is 0 Å². The van der Waals surface area contributed by atoms with Crippen molar-refractivity contribution in [2.45, 2.75) is 6.54 Å². The Balaban J connectivity index is 0.00000196. The summed E-state index contributed by atoms with van der Waals surface area (Å²) in [5.41, 5.74) is -0.156. The summed E-state index contributed by atoms with van der Waals surface area (Å²) in [4.78, 5) is 28.2. The first kappa shape index (κ1) is 23.8. The molecule has 0 spiro atoms. The SMILES string of the molecule is Cl.Cl.O=C(NCc1nccs1)c1cc(NC(=O)c2cc(F)c(F)cc2Cl)n[nH]1. The van der Waals surface area contributed by atoms with Crippen molar-refractivity contribution in [1.29, 1.82) is 0 Å². The number of benzene rings is 1. The number of nitrogens with one attached hydrogen (secondary N) is 3. The summed E-state index contributed by atoms with van der Waals surface area (Å²) in [5, 5.41) is 13.5. The fourth-order valence-electron chi connectivity index (χ4n) is 1.97. The van der Waals surface area contributed by atoms with Gasteiger partial charge in [0.2, 0.25) is 0 Å². The van der Waals surface area contributed by atoms with E-state index in [9.17, 15) is 18.4 Å². The highest BCUT2D eigenvalue weighted by Crippen LogP contribution is 2.21. The molecule has 3 rings (SSSR count). The normalized spacial score (nSPS) is 9.82. The molecule has 7 nitrogen and oxygen atoms in total. The van der Waals surface area contributed by atoms with E-state index in [1.165, 1.54) is 17.4 Å². The third kappa shape index (κ3) is 5.61. The number of aromatic nitrogens is 3. The van der Waals surface area contributed by atoms with Crippen LogP contribution in [-0.4, -0.2) is 27.0 Å². The molecule has 0 atom stereocenters. The average Bonchev–Trinajstić information content (AvgIpc) is 3.27. The van der Waals surface area contributed by atoms with E-state index < -0.39 is 23.4 Å². The van der Waals surface area contributed by atoms with Crippen molar-refractivity contribution in [2.24, 2.45) is 0 Å². The highest BCUT2D eigenvalue weighted by Gasteiger charge is 2.17. The number of thiazole rings is 1. The van der Waals surface area contributed by atoms with Crippen LogP contribution in [0, 0.1) is 11.6 Å². The Labute approximate surface area is 178 Å². The van der Waals surface area contributed by atoms with E-state index in [0.29, 0.717) is 12.1 Å². The van der Waals surface area contributed by atoms with Gasteiger partial charge in [-0.2, -0.15) is 5.10 Å². The average molecular weight is 471 g/mol. The van der Waals surface area contributed by atoms with Crippen molar-refractivity contribution in [1.82, 2.24) is 20.5 Å². The first-order valence-corrected chi connectivity index (χ1v) is 8.37. The van der Waals surface area contributed by atoms with E-state index in [1.807, 2.05) is 0 Å². The number of hydrogen-bond donors (Lipinski definition) is 3. The molecule has 1 aromatic carbocycles. The van der Waals surface area contributed by atoms with Crippen LogP contribution in [0.25, 0.3) is 0 Å². The Hall–Kier alpha value is -2.27. The van der Waals surface area contributed by atoms with Crippen LogP contribution in [0.15, 0.2) is 29.8 Å². The second-order valence-electron chi connectivity index (χ2n) is 4.98. The van der Waals surface area contributed by atoms with Crippen molar-refractivity contribution >= 4 is 65.4 Å². The molecular formula is C15H12Cl3F2N5O2S. The van der Waals surface area contributed by atoms with Crippen LogP contribution in [0.2, 0.25) is 5.02 Å². The highest BCUT2D eigenvalue weighted by atomic mass is 35.5. The molecule has 0 radical (unpaired) electrons. The molecule has 28 heavy (non-hydrogen) atoms. The molecule has 0 aliphatic heterocycles. The van der Waals surface area contributed by atoms with E-state index in [2.05, 4.69) is 25.8 Å². The number of rotatable bonds is 5. The standard InChI is InChI=1S/C15H10ClF2N5O2S.2ClH/c16-8-4-10(18)9(17)3-7(8)14(24)21-12-5-11(22-23-12)15(25)20-6-13-19-1-2-26-13;;/h1-5H,6H2,(H,20,25)(H2,21,22,23,24);2*1H. The number of halogens is 5. The molecule has 2 amide bonds. The molecule has 0 unspecified atom stereocenters. The van der Waals surface area contributed by atoms with Crippen LogP contribution < -0.4 is 10.6 Å². The summed E-state index contributed by atoms with van der Waals surface area (Å²) in [6.45, 7) is 0.252. The van der Waals surface area contributed by atoms with Gasteiger partial charge in [0.15, 0.2) is 17.5 Å². The second-order valence-corrected chi connectivity index (χ2v) is 6.36. The van der Waals surface area contributed by atoms with E-state index in [1.54, 1.807) is 11.6 Å². The molecule has 3 N–H and O–H groups in total. The minimum absolute atomic E-state index is 0. The van der Waals surface area contributed by atoms with E-state index in [-0.39, 0.29) is 53.5 Å². The number of carbonyl (C=O) groups excluding carboxylic acids is 2. The summed E-state index contributed by atoms with van der Waals surface area (Å²) in [6.07, 6.45) is 1.62. The first-order valence-electron chi connectivity index (χ1n) is 7.12. The highest BCUT2D eigenvalue weighted by molar-refractivity contribution is 7.09. The van der Waals surface area contributed by atoms with E-state index >= 15 is 0 Å². The fourth-order valence-corrected chi connectivity index (χ4v) is 2.77. The molecule has 13 heteroatoms. The number of hydrogen-bond acceptors (Lipinski definition) is 5. The summed E-state index contributed by atoms with van der Waals surface area (Å²) < 4.78 is 26.3. The maximum Gasteiger partial charge on any atom is 0.269 e. The van der Waals surface area contributed by atoms with Gasteiger partial charge in [-0.1, -0.05) is 11.6 Å². The summed E-state index contributed by atoms with van der Waals surface area (Å²) in [5.74, 6) is -3.58. The van der Waals surface area contributed by atoms with Crippen LogP contribution in [-0.2, 0) is 6.54 Å². The van der Waals surface area contributed by atoms with Crippen molar-refractivity contribution < 1.29 is 18.4 Å². The molecule has 2 aromatic heterocycles. The Bertz CT molecular complexity index is 969. The molecule has 0 saturated heterocycles. The molecule has 2 heterocycles. The van der Waals surface area contributed by atoms with Crippen LogP contribution in [0.5, 0.6) is 0 Å². The molecule has 3 aromatic rings. The van der Waals surface area contributed by atoms with Crippen molar-refractivity contribution in [3.8, 4) is 0 Å². The second kappa shape index (κ2) is 10.3. The van der Waals surface area contributed by atoms with Gasteiger partial charge < -0.3 is 10.6 Å². The van der Waals surface area contributed by atoms with Gasteiger partial charge in [-0.3, -0.25) is 14.7 Å². The Morgan fingerprint density at radius 1 is 1.14 bits per heavy atom. The lowest BCUT2D eigenvalue weighted by molar-refractivity contribution is 0.0945. The fraction of sp³-hybridized carbons (Fsp3) is 0.0667. The van der Waals surface area contributed by atoms with Crippen LogP contribution >= 0.6 is 47.8 Å². The third-order valence-corrected chi connectivity index (χ3v) is 4.29. The van der Waals surface area contributed by atoms with Gasteiger partial charge in [0.05, 0.1) is 17.1 Å². The van der Waals surface area contributed by atoms with E-state index in [0.717, 1.165) is 5.01 Å². The predicted octanol–water partition coefficient (Wildman–Crippen LogP) is 3.82. The number of H-pyrrole nitrogens is 1. The predicted molar refractivity (Wildman–Crippen MR) is 106 cm³/mol. The zero-order valence-corrected chi connectivity index (χ0v) is 16.9. The van der Waals surface area contributed by atoms with Crippen molar-refractivity contribution in [3.05, 3.63) is 62.7 Å².